The van der Waals surface area contributed by atoms with Crippen LogP contribution in [0.4, 0.5) is 0 Å². The number of carboxylic acid groups (broad SMARTS) is 2. The van der Waals surface area contributed by atoms with Gasteiger partial charge in [0, 0.05) is 6.61 Å². The van der Waals surface area contributed by atoms with Gasteiger partial charge in [-0.2, -0.15) is 0 Å². The second kappa shape index (κ2) is 8.52. The Morgan fingerprint density at radius 1 is 1.22 bits per heavy atom. The molecular formula is C13H22O10. The van der Waals surface area contributed by atoms with Crippen LogP contribution in [0.2, 0.25) is 0 Å². The number of carbonyl (C=O) groups is 2. The fourth-order valence-corrected chi connectivity index (χ4v) is 2.26. The minimum Gasteiger partial charge on any atom is -0.481 e. The summed E-state index contributed by atoms with van der Waals surface area (Å²) in [7, 11) is 0. The highest BCUT2D eigenvalue weighted by Gasteiger charge is 2.49. The Labute approximate surface area is 131 Å². The Kier molecular flexibility index (Phi) is 7.32. The van der Waals surface area contributed by atoms with Crippen LogP contribution in [0.25, 0.3) is 0 Å². The first-order valence-electron chi connectivity index (χ1n) is 7.13. The van der Waals surface area contributed by atoms with E-state index < -0.39 is 48.6 Å². The van der Waals surface area contributed by atoms with Crippen molar-refractivity contribution in [3.63, 3.8) is 0 Å². The molecule has 0 saturated carbocycles. The van der Waals surface area contributed by atoms with E-state index in [2.05, 4.69) is 0 Å². The summed E-state index contributed by atoms with van der Waals surface area (Å²) in [5.74, 6) is -6.50. The summed E-state index contributed by atoms with van der Waals surface area (Å²) in [4.78, 5) is 21.4. The second-order valence-electron chi connectivity index (χ2n) is 5.39. The molecule has 1 aliphatic rings. The van der Waals surface area contributed by atoms with Gasteiger partial charge in [-0.3, -0.25) is 9.59 Å². The van der Waals surface area contributed by atoms with Crippen molar-refractivity contribution in [3.8, 4) is 0 Å². The van der Waals surface area contributed by atoms with Crippen molar-refractivity contribution >= 4 is 11.9 Å². The number of hydrogen-bond donors (Lipinski definition) is 6. The van der Waals surface area contributed by atoms with Gasteiger partial charge in [0.2, 0.25) is 5.79 Å². The molecule has 1 saturated heterocycles. The predicted molar refractivity (Wildman–Crippen MR) is 72.4 cm³/mol. The Balaban J connectivity index is 2.43. The van der Waals surface area contributed by atoms with Crippen molar-refractivity contribution < 1.29 is 49.7 Å². The molecule has 0 aromatic carbocycles. The van der Waals surface area contributed by atoms with Crippen LogP contribution in [0.3, 0.4) is 0 Å². The highest BCUT2D eigenvalue weighted by Crippen LogP contribution is 2.26. The molecule has 0 amide bonds. The summed E-state index contributed by atoms with van der Waals surface area (Å²) >= 11 is 0. The van der Waals surface area contributed by atoms with Crippen LogP contribution >= 0.6 is 0 Å². The SMILES string of the molecule is O=C(O)C(CCCCO[C@H]1[C@H](O)[C@H](O)CO[C@]1(O)CO)C(=O)O. The molecule has 23 heavy (non-hydrogen) atoms. The Hall–Kier alpha value is -1.30. The van der Waals surface area contributed by atoms with Gasteiger partial charge in [0.15, 0.2) is 5.92 Å². The smallest absolute Gasteiger partial charge is 0.317 e. The summed E-state index contributed by atoms with van der Waals surface area (Å²) in [5.41, 5.74) is 0. The van der Waals surface area contributed by atoms with Crippen molar-refractivity contribution in [1.29, 1.82) is 0 Å². The van der Waals surface area contributed by atoms with Gasteiger partial charge in [-0.15, -0.1) is 0 Å². The minimum absolute atomic E-state index is 0.0495. The van der Waals surface area contributed by atoms with Gasteiger partial charge < -0.3 is 40.1 Å². The molecule has 1 aliphatic heterocycles. The highest BCUT2D eigenvalue weighted by molar-refractivity contribution is 5.92. The topological polar surface area (TPSA) is 174 Å². The third-order valence-corrected chi connectivity index (χ3v) is 3.66. The minimum atomic E-state index is -2.15. The van der Waals surface area contributed by atoms with Gasteiger partial charge in [0.1, 0.15) is 18.3 Å². The first-order valence-corrected chi connectivity index (χ1v) is 7.13. The molecule has 0 unspecified atom stereocenters. The van der Waals surface area contributed by atoms with Crippen molar-refractivity contribution in [2.75, 3.05) is 19.8 Å². The zero-order valence-corrected chi connectivity index (χ0v) is 12.4. The number of hydrogen-bond acceptors (Lipinski definition) is 8. The molecule has 1 heterocycles. The summed E-state index contributed by atoms with van der Waals surface area (Å²) < 4.78 is 10.1. The fourth-order valence-electron chi connectivity index (χ4n) is 2.26. The van der Waals surface area contributed by atoms with E-state index in [0.29, 0.717) is 0 Å². The molecule has 0 radical (unpaired) electrons. The number of aliphatic hydroxyl groups excluding tert-OH is 3. The summed E-state index contributed by atoms with van der Waals surface area (Å²) in [6.45, 7) is -1.26. The Bertz CT molecular complexity index is 400. The summed E-state index contributed by atoms with van der Waals surface area (Å²) in [5, 5.41) is 55.9. The maximum atomic E-state index is 10.7. The first-order chi connectivity index (χ1) is 10.7. The highest BCUT2D eigenvalue weighted by atomic mass is 16.7. The van der Waals surface area contributed by atoms with E-state index in [1.807, 2.05) is 0 Å². The molecule has 10 nitrogen and oxygen atoms in total. The monoisotopic (exact) mass is 338 g/mol. The van der Waals surface area contributed by atoms with Crippen LogP contribution in [0.1, 0.15) is 19.3 Å². The summed E-state index contributed by atoms with van der Waals surface area (Å²) in [6.07, 6.45) is -3.73. The molecular weight excluding hydrogens is 316 g/mol. The quantitative estimate of drug-likeness (QED) is 0.199. The van der Waals surface area contributed by atoms with E-state index >= 15 is 0 Å². The van der Waals surface area contributed by atoms with Crippen LogP contribution in [0.15, 0.2) is 0 Å². The zero-order valence-electron chi connectivity index (χ0n) is 12.4. The van der Waals surface area contributed by atoms with Crippen LogP contribution in [-0.4, -0.2) is 86.5 Å². The molecule has 0 aliphatic carbocycles. The van der Waals surface area contributed by atoms with Gasteiger partial charge in [0.05, 0.1) is 13.2 Å². The fraction of sp³-hybridized carbons (Fsp3) is 0.846. The average Bonchev–Trinajstić information content (AvgIpc) is 2.49. The lowest BCUT2D eigenvalue weighted by atomic mass is 9.97. The molecule has 1 rings (SSSR count). The first kappa shape index (κ1) is 19.7. The maximum absolute atomic E-state index is 10.7. The van der Waals surface area contributed by atoms with E-state index in [0.717, 1.165) is 0 Å². The molecule has 6 N–H and O–H groups in total. The van der Waals surface area contributed by atoms with Crippen LogP contribution in [0, 0.1) is 5.92 Å². The van der Waals surface area contributed by atoms with Crippen molar-refractivity contribution in [2.45, 2.75) is 43.4 Å². The molecule has 0 spiro atoms. The van der Waals surface area contributed by atoms with E-state index in [-0.39, 0.29) is 32.5 Å². The van der Waals surface area contributed by atoms with Crippen LogP contribution < -0.4 is 0 Å². The normalized spacial score (nSPS) is 31.3. The third kappa shape index (κ3) is 5.09. The lowest BCUT2D eigenvalue weighted by molar-refractivity contribution is -0.340. The summed E-state index contributed by atoms with van der Waals surface area (Å²) in [6, 6.07) is 0. The maximum Gasteiger partial charge on any atom is 0.317 e. The van der Waals surface area contributed by atoms with Gasteiger partial charge in [0.25, 0.3) is 0 Å². The Morgan fingerprint density at radius 3 is 2.35 bits per heavy atom. The van der Waals surface area contributed by atoms with Crippen molar-refractivity contribution in [1.82, 2.24) is 0 Å². The van der Waals surface area contributed by atoms with Gasteiger partial charge >= 0.3 is 11.9 Å². The molecule has 0 aromatic heterocycles. The molecule has 4 atom stereocenters. The molecule has 0 bridgehead atoms. The zero-order chi connectivity index (χ0) is 17.6. The van der Waals surface area contributed by atoms with Crippen LogP contribution in [0.5, 0.6) is 0 Å². The lowest BCUT2D eigenvalue weighted by Gasteiger charge is -2.42. The molecule has 0 aromatic rings. The Morgan fingerprint density at radius 2 is 1.83 bits per heavy atom. The number of aliphatic carboxylic acids is 2. The van der Waals surface area contributed by atoms with Crippen molar-refractivity contribution in [3.05, 3.63) is 0 Å². The van der Waals surface area contributed by atoms with E-state index in [9.17, 15) is 24.9 Å². The van der Waals surface area contributed by atoms with E-state index in [1.54, 1.807) is 0 Å². The number of aliphatic hydroxyl groups is 4. The van der Waals surface area contributed by atoms with Gasteiger partial charge in [-0.25, -0.2) is 0 Å². The number of carboxylic acids is 2. The third-order valence-electron chi connectivity index (χ3n) is 3.66. The van der Waals surface area contributed by atoms with Gasteiger partial charge in [-0.1, -0.05) is 0 Å². The number of unbranched alkanes of at least 4 members (excludes halogenated alkanes) is 1. The lowest BCUT2D eigenvalue weighted by Crippen LogP contribution is -2.63. The predicted octanol–water partition coefficient (Wildman–Crippen LogP) is -2.24. The van der Waals surface area contributed by atoms with E-state index in [1.165, 1.54) is 0 Å². The number of rotatable bonds is 9. The average molecular weight is 338 g/mol. The molecule has 1 fully saturated rings. The second-order valence-corrected chi connectivity index (χ2v) is 5.39. The standard InChI is InChI=1S/C13H22O10/c14-6-13(21)10(9(16)8(15)5-23-13)22-4-2-1-3-7(11(17)18)12(19)20/h7-10,14-16,21H,1-6H2,(H,17,18)(H,19,20)/t8-,9-,10+,13-/m1/s1. The van der Waals surface area contributed by atoms with Crippen molar-refractivity contribution in [2.24, 2.45) is 5.92 Å². The molecule has 134 valence electrons. The largest absolute Gasteiger partial charge is 0.481 e. The van der Waals surface area contributed by atoms with E-state index in [4.69, 9.17) is 24.8 Å². The van der Waals surface area contributed by atoms with Crippen LogP contribution in [-0.2, 0) is 19.1 Å². The van der Waals surface area contributed by atoms with Gasteiger partial charge in [-0.05, 0) is 19.3 Å². The molecule has 10 heteroatoms. The number of ether oxygens (including phenoxy) is 2.